The average molecular weight is 137 g/mol. The Balaban J connectivity index is 0. The molecule has 0 bridgehead atoms. The van der Waals surface area contributed by atoms with Crippen LogP contribution in [0.2, 0.25) is 0 Å². The molecule has 1 aliphatic heterocycles. The van der Waals surface area contributed by atoms with Crippen LogP contribution in [-0.2, 0) is 9.59 Å². The van der Waals surface area contributed by atoms with Gasteiger partial charge in [0, 0.05) is 6.42 Å². The van der Waals surface area contributed by atoms with Gasteiger partial charge >= 0.3 is 24.8 Å². The van der Waals surface area contributed by atoms with Crippen molar-refractivity contribution in [3.8, 4) is 0 Å². The second-order valence-corrected chi connectivity index (χ2v) is 2.00. The molecule has 0 aliphatic carbocycles. The molecule has 1 saturated heterocycles. The van der Waals surface area contributed by atoms with Gasteiger partial charge in [0.05, 0.1) is 0 Å². The van der Waals surface area contributed by atoms with Crippen LogP contribution in [-0.4, -0.2) is 23.0 Å². The maximum absolute atomic E-state index is 10.4. The Bertz CT molecular complexity index is 164. The SMILES string of the molecule is O=C1CCC(C(=O)O)N1.[H-].[Li+]. The largest absolute Gasteiger partial charge is 1.00 e. The molecule has 1 aliphatic rings. The van der Waals surface area contributed by atoms with Crippen LogP contribution in [0.4, 0.5) is 0 Å². The van der Waals surface area contributed by atoms with Gasteiger partial charge in [0.25, 0.3) is 0 Å². The summed E-state index contributed by atoms with van der Waals surface area (Å²) in [6.07, 6.45) is 0.769. The zero-order chi connectivity index (χ0) is 6.85. The van der Waals surface area contributed by atoms with E-state index in [1.807, 2.05) is 0 Å². The molecule has 52 valence electrons. The van der Waals surface area contributed by atoms with Gasteiger partial charge < -0.3 is 11.8 Å². The van der Waals surface area contributed by atoms with Crippen molar-refractivity contribution in [2.24, 2.45) is 0 Å². The van der Waals surface area contributed by atoms with Crippen molar-refractivity contribution in [3.05, 3.63) is 0 Å². The number of carboxylic acid groups (broad SMARTS) is 1. The van der Waals surface area contributed by atoms with Crippen molar-refractivity contribution in [2.45, 2.75) is 18.9 Å². The van der Waals surface area contributed by atoms with Crippen molar-refractivity contribution in [2.75, 3.05) is 0 Å². The molecule has 1 rings (SSSR count). The summed E-state index contributed by atoms with van der Waals surface area (Å²) in [6, 6.07) is -0.641. The maximum atomic E-state index is 10.4. The second kappa shape index (κ2) is 3.64. The van der Waals surface area contributed by atoms with Crippen LogP contribution in [0.25, 0.3) is 0 Å². The summed E-state index contributed by atoms with van der Waals surface area (Å²) in [4.78, 5) is 20.5. The molecule has 5 heteroatoms. The minimum Gasteiger partial charge on any atom is -1.00 e. The first-order chi connectivity index (χ1) is 4.20. The summed E-state index contributed by atoms with van der Waals surface area (Å²) in [5, 5.41) is 10.6. The molecular formula is C5H8LiNO3. The molecule has 0 spiro atoms. The molecule has 1 heterocycles. The second-order valence-electron chi connectivity index (χ2n) is 2.00. The fraction of sp³-hybridized carbons (Fsp3) is 0.600. The van der Waals surface area contributed by atoms with Gasteiger partial charge in [0.15, 0.2) is 0 Å². The van der Waals surface area contributed by atoms with Gasteiger partial charge in [-0.15, -0.1) is 0 Å². The first-order valence-electron chi connectivity index (χ1n) is 2.72. The Kier molecular flexibility index (Phi) is 3.48. The van der Waals surface area contributed by atoms with Gasteiger partial charge in [-0.25, -0.2) is 4.79 Å². The molecule has 1 atom stereocenters. The Morgan fingerprint density at radius 2 is 2.40 bits per heavy atom. The number of carbonyl (C=O) groups excluding carboxylic acids is 1. The Hall–Kier alpha value is -0.463. The van der Waals surface area contributed by atoms with E-state index < -0.39 is 12.0 Å². The molecule has 1 unspecified atom stereocenters. The Labute approximate surface area is 71.6 Å². The fourth-order valence-electron chi connectivity index (χ4n) is 0.799. The number of nitrogens with one attached hydrogen (secondary N) is 1. The summed E-state index contributed by atoms with van der Waals surface area (Å²) < 4.78 is 0. The molecule has 0 aromatic carbocycles. The van der Waals surface area contributed by atoms with Gasteiger partial charge in [0.2, 0.25) is 5.91 Å². The number of carboxylic acids is 1. The van der Waals surface area contributed by atoms with Crippen molar-refractivity contribution in [1.29, 1.82) is 0 Å². The van der Waals surface area contributed by atoms with E-state index in [1.165, 1.54) is 0 Å². The van der Waals surface area contributed by atoms with Crippen LogP contribution in [0.5, 0.6) is 0 Å². The zero-order valence-electron chi connectivity index (χ0n) is 6.76. The molecule has 0 saturated carbocycles. The van der Waals surface area contributed by atoms with Crippen molar-refractivity contribution < 1.29 is 35.0 Å². The molecule has 0 radical (unpaired) electrons. The van der Waals surface area contributed by atoms with E-state index in [0.717, 1.165) is 0 Å². The smallest absolute Gasteiger partial charge is 1.00 e. The van der Waals surface area contributed by atoms with Crippen LogP contribution in [0, 0.1) is 0 Å². The summed E-state index contributed by atoms with van der Waals surface area (Å²) in [5.74, 6) is -1.11. The molecule has 1 fully saturated rings. The summed E-state index contributed by atoms with van der Waals surface area (Å²) in [6.45, 7) is 0. The molecule has 0 aromatic rings. The van der Waals surface area contributed by atoms with Crippen LogP contribution in [0.3, 0.4) is 0 Å². The van der Waals surface area contributed by atoms with E-state index in [2.05, 4.69) is 5.32 Å². The van der Waals surface area contributed by atoms with E-state index in [1.54, 1.807) is 0 Å². The standard InChI is InChI=1S/C5H7NO3.Li.H/c7-4-2-1-3(6-4)5(8)9;;/h3H,1-2H2,(H,6,7)(H,8,9);;/q;+1;-1. The molecule has 1 amide bonds. The monoisotopic (exact) mass is 137 g/mol. The van der Waals surface area contributed by atoms with Crippen molar-refractivity contribution >= 4 is 11.9 Å². The quantitative estimate of drug-likeness (QED) is 0.368. The first-order valence-corrected chi connectivity index (χ1v) is 2.72. The average Bonchev–Trinajstić information content (AvgIpc) is 2.14. The first kappa shape index (κ1) is 9.54. The maximum Gasteiger partial charge on any atom is 1.00 e. The molecule has 10 heavy (non-hydrogen) atoms. The van der Waals surface area contributed by atoms with E-state index >= 15 is 0 Å². The van der Waals surface area contributed by atoms with E-state index in [9.17, 15) is 9.59 Å². The normalized spacial score (nSPS) is 23.2. The molecular weight excluding hydrogens is 129 g/mol. The number of aliphatic carboxylic acids is 1. The third-order valence-corrected chi connectivity index (χ3v) is 1.29. The summed E-state index contributed by atoms with van der Waals surface area (Å²) in [7, 11) is 0. The minimum absolute atomic E-state index is 0. The number of amides is 1. The third kappa shape index (κ3) is 2.05. The van der Waals surface area contributed by atoms with Gasteiger partial charge in [-0.05, 0) is 6.42 Å². The predicted octanol–water partition coefficient (Wildman–Crippen LogP) is -3.53. The molecule has 2 N–H and O–H groups in total. The van der Waals surface area contributed by atoms with Crippen LogP contribution in [0.15, 0.2) is 0 Å². The number of rotatable bonds is 1. The predicted molar refractivity (Wildman–Crippen MR) is 29.9 cm³/mol. The minimum atomic E-state index is -0.944. The summed E-state index contributed by atoms with van der Waals surface area (Å²) >= 11 is 0. The van der Waals surface area contributed by atoms with Crippen LogP contribution in [0.1, 0.15) is 14.3 Å². The number of hydrogen-bond acceptors (Lipinski definition) is 2. The third-order valence-electron chi connectivity index (χ3n) is 1.29. The zero-order valence-corrected chi connectivity index (χ0v) is 5.76. The van der Waals surface area contributed by atoms with Crippen LogP contribution >= 0.6 is 0 Å². The number of hydrogen-bond donors (Lipinski definition) is 2. The van der Waals surface area contributed by atoms with E-state index in [0.29, 0.717) is 12.8 Å². The molecule has 4 nitrogen and oxygen atoms in total. The van der Waals surface area contributed by atoms with Crippen molar-refractivity contribution in [1.82, 2.24) is 5.32 Å². The van der Waals surface area contributed by atoms with Gasteiger partial charge in [0.1, 0.15) is 6.04 Å². The van der Waals surface area contributed by atoms with Gasteiger partial charge in [-0.1, -0.05) is 0 Å². The Morgan fingerprint density at radius 3 is 2.60 bits per heavy atom. The fourth-order valence-corrected chi connectivity index (χ4v) is 0.799. The topological polar surface area (TPSA) is 66.4 Å². The number of carbonyl (C=O) groups is 2. The van der Waals surface area contributed by atoms with Gasteiger partial charge in [-0.2, -0.15) is 0 Å². The van der Waals surface area contributed by atoms with Crippen molar-refractivity contribution in [3.63, 3.8) is 0 Å². The van der Waals surface area contributed by atoms with Crippen LogP contribution < -0.4 is 24.2 Å². The molecule has 0 aromatic heterocycles. The van der Waals surface area contributed by atoms with E-state index in [4.69, 9.17) is 5.11 Å². The van der Waals surface area contributed by atoms with E-state index in [-0.39, 0.29) is 26.2 Å². The van der Waals surface area contributed by atoms with Gasteiger partial charge in [-0.3, -0.25) is 4.79 Å². The Morgan fingerprint density at radius 1 is 1.80 bits per heavy atom. The summed E-state index contributed by atoms with van der Waals surface area (Å²) in [5.41, 5.74) is 0.